The van der Waals surface area contributed by atoms with E-state index in [4.69, 9.17) is 14.2 Å². The van der Waals surface area contributed by atoms with Crippen LogP contribution in [0.3, 0.4) is 0 Å². The van der Waals surface area contributed by atoms with Crippen LogP contribution in [0.1, 0.15) is 32.6 Å². The highest BCUT2D eigenvalue weighted by atomic mass is 16.7. The zero-order valence-electron chi connectivity index (χ0n) is 10.4. The first kappa shape index (κ1) is 13.3. The predicted molar refractivity (Wildman–Crippen MR) is 57.2 cm³/mol. The van der Waals surface area contributed by atoms with Gasteiger partial charge in [-0.3, -0.25) is 4.79 Å². The molecule has 1 spiro atoms. The Bertz CT molecular complexity index is 334. The van der Waals surface area contributed by atoms with Crippen molar-refractivity contribution in [2.24, 2.45) is 5.41 Å². The fraction of sp³-hybridized carbons (Fsp3) is 0.833. The van der Waals surface area contributed by atoms with E-state index in [1.165, 1.54) is 0 Å². The topological polar surface area (TPSA) is 84.9 Å². The van der Waals surface area contributed by atoms with Crippen LogP contribution in [0.15, 0.2) is 0 Å². The molecule has 0 N–H and O–H groups in total. The first-order chi connectivity index (χ1) is 8.55. The number of ether oxygens (including phenoxy) is 3. The molecule has 1 aliphatic heterocycles. The molecule has 2 aliphatic rings. The number of hydrogen-bond donors (Lipinski definition) is 0. The molecule has 0 radical (unpaired) electrons. The van der Waals surface area contributed by atoms with E-state index < -0.39 is 23.1 Å². The third-order valence-corrected chi connectivity index (χ3v) is 3.74. The Morgan fingerprint density at radius 2 is 1.72 bits per heavy atom. The van der Waals surface area contributed by atoms with Crippen LogP contribution in [0.2, 0.25) is 0 Å². The quantitative estimate of drug-likeness (QED) is 0.505. The second-order valence-electron chi connectivity index (χ2n) is 4.70. The summed E-state index contributed by atoms with van der Waals surface area (Å²) in [6.45, 7) is 2.83. The summed E-state index contributed by atoms with van der Waals surface area (Å²) < 4.78 is 15.9. The molecule has 0 aromatic carbocycles. The lowest BCUT2D eigenvalue weighted by Crippen LogP contribution is -2.53. The molecule has 18 heavy (non-hydrogen) atoms. The number of aliphatic carboxylic acids is 1. The van der Waals surface area contributed by atoms with Gasteiger partial charge in [0.25, 0.3) is 0 Å². The number of rotatable bonds is 3. The van der Waals surface area contributed by atoms with E-state index in [1.807, 2.05) is 0 Å². The Labute approximate surface area is 105 Å². The average molecular weight is 257 g/mol. The number of hydrogen-bond acceptors (Lipinski definition) is 6. The molecule has 0 amide bonds. The molecule has 102 valence electrons. The van der Waals surface area contributed by atoms with Gasteiger partial charge in [0.1, 0.15) is 5.41 Å². The van der Waals surface area contributed by atoms with Crippen molar-refractivity contribution in [1.29, 1.82) is 0 Å². The van der Waals surface area contributed by atoms with Gasteiger partial charge in [-0.15, -0.1) is 0 Å². The Morgan fingerprint density at radius 3 is 2.17 bits per heavy atom. The Balaban J connectivity index is 2.10. The van der Waals surface area contributed by atoms with E-state index in [0.29, 0.717) is 26.1 Å². The molecule has 2 rings (SSSR count). The van der Waals surface area contributed by atoms with E-state index in [0.717, 1.165) is 0 Å². The Kier molecular flexibility index (Phi) is 3.59. The summed E-state index contributed by atoms with van der Waals surface area (Å²) in [4.78, 5) is 23.1. The lowest BCUT2D eigenvalue weighted by atomic mass is 9.72. The third kappa shape index (κ3) is 2.10. The van der Waals surface area contributed by atoms with Gasteiger partial charge in [0.15, 0.2) is 5.79 Å². The maximum atomic E-state index is 11.8. The second kappa shape index (κ2) is 4.85. The molecule has 0 aromatic rings. The monoisotopic (exact) mass is 257 g/mol. The van der Waals surface area contributed by atoms with Crippen LogP contribution in [0, 0.1) is 5.41 Å². The van der Waals surface area contributed by atoms with Gasteiger partial charge in [-0.05, 0) is 19.8 Å². The van der Waals surface area contributed by atoms with E-state index in [9.17, 15) is 14.7 Å². The van der Waals surface area contributed by atoms with Crippen LogP contribution in [-0.4, -0.2) is 37.5 Å². The molecule has 0 atom stereocenters. The van der Waals surface area contributed by atoms with Crippen molar-refractivity contribution in [3.05, 3.63) is 0 Å². The SMILES string of the molecule is CCOC(=O)C1(C(=O)[O-])CCC2(CC1)OCCO2. The van der Waals surface area contributed by atoms with Gasteiger partial charge in [-0.1, -0.05) is 0 Å². The minimum Gasteiger partial charge on any atom is -0.549 e. The fourth-order valence-electron chi connectivity index (χ4n) is 2.60. The van der Waals surface area contributed by atoms with E-state index in [-0.39, 0.29) is 19.4 Å². The molecule has 1 heterocycles. The molecule has 1 saturated carbocycles. The lowest BCUT2D eigenvalue weighted by molar-refractivity contribution is -0.322. The highest BCUT2D eigenvalue weighted by Crippen LogP contribution is 2.45. The van der Waals surface area contributed by atoms with E-state index >= 15 is 0 Å². The molecular formula is C12H17O6-. The van der Waals surface area contributed by atoms with E-state index in [2.05, 4.69) is 0 Å². The standard InChI is InChI=1S/C12H18O6/c1-2-16-10(15)11(9(13)14)3-5-12(6-4-11)17-7-8-18-12/h2-8H2,1H3,(H,13,14)/p-1. The molecule has 1 aliphatic carbocycles. The average Bonchev–Trinajstić information content (AvgIpc) is 2.79. The van der Waals surface area contributed by atoms with Gasteiger partial charge in [0, 0.05) is 12.8 Å². The highest BCUT2D eigenvalue weighted by molar-refractivity contribution is 5.98. The highest BCUT2D eigenvalue weighted by Gasteiger charge is 2.51. The first-order valence-corrected chi connectivity index (χ1v) is 6.21. The van der Waals surface area contributed by atoms with Crippen LogP contribution >= 0.6 is 0 Å². The summed E-state index contributed by atoms with van der Waals surface area (Å²) in [5.74, 6) is -2.78. The van der Waals surface area contributed by atoms with Crippen molar-refractivity contribution >= 4 is 11.9 Å². The van der Waals surface area contributed by atoms with Gasteiger partial charge in [0.2, 0.25) is 0 Å². The molecule has 2 fully saturated rings. The molecular weight excluding hydrogens is 240 g/mol. The summed E-state index contributed by atoms with van der Waals surface area (Å²) in [6.07, 6.45) is 1.02. The number of carbonyl (C=O) groups is 2. The lowest BCUT2D eigenvalue weighted by Gasteiger charge is -2.42. The normalized spacial score (nSPS) is 24.9. The number of carboxylic acids is 1. The van der Waals surface area contributed by atoms with Crippen molar-refractivity contribution in [3.63, 3.8) is 0 Å². The van der Waals surface area contributed by atoms with Gasteiger partial charge >= 0.3 is 5.97 Å². The Hall–Kier alpha value is -1.14. The number of carbonyl (C=O) groups excluding carboxylic acids is 2. The molecule has 0 unspecified atom stereocenters. The molecule has 0 aromatic heterocycles. The van der Waals surface area contributed by atoms with Crippen LogP contribution in [0.25, 0.3) is 0 Å². The maximum absolute atomic E-state index is 11.8. The van der Waals surface area contributed by atoms with E-state index in [1.54, 1.807) is 6.92 Å². The minimum absolute atomic E-state index is 0.133. The molecule has 1 saturated heterocycles. The summed E-state index contributed by atoms with van der Waals surface area (Å²) in [5, 5.41) is 11.3. The van der Waals surface area contributed by atoms with Crippen LogP contribution in [-0.2, 0) is 23.8 Å². The summed E-state index contributed by atoms with van der Waals surface area (Å²) in [5.41, 5.74) is -1.55. The third-order valence-electron chi connectivity index (χ3n) is 3.74. The van der Waals surface area contributed by atoms with Gasteiger partial charge in [-0.25, -0.2) is 0 Å². The predicted octanol–water partition coefficient (Wildman–Crippen LogP) is -0.397. The first-order valence-electron chi connectivity index (χ1n) is 6.21. The summed E-state index contributed by atoms with van der Waals surface area (Å²) in [7, 11) is 0. The smallest absolute Gasteiger partial charge is 0.317 e. The van der Waals surface area contributed by atoms with Crippen LogP contribution in [0.5, 0.6) is 0 Å². The Morgan fingerprint density at radius 1 is 1.17 bits per heavy atom. The van der Waals surface area contributed by atoms with Crippen molar-refractivity contribution in [3.8, 4) is 0 Å². The van der Waals surface area contributed by atoms with Crippen molar-refractivity contribution in [2.45, 2.75) is 38.4 Å². The van der Waals surface area contributed by atoms with Crippen molar-refractivity contribution < 1.29 is 28.9 Å². The van der Waals surface area contributed by atoms with Crippen LogP contribution < -0.4 is 5.11 Å². The van der Waals surface area contributed by atoms with Gasteiger partial charge < -0.3 is 24.1 Å². The molecule has 0 bridgehead atoms. The second-order valence-corrected chi connectivity index (χ2v) is 4.70. The zero-order valence-corrected chi connectivity index (χ0v) is 10.4. The molecule has 6 heteroatoms. The largest absolute Gasteiger partial charge is 0.549 e. The zero-order chi connectivity index (χ0) is 13.2. The number of esters is 1. The van der Waals surface area contributed by atoms with Crippen LogP contribution in [0.4, 0.5) is 0 Å². The fourth-order valence-corrected chi connectivity index (χ4v) is 2.60. The summed E-state index contributed by atoms with van der Waals surface area (Å²) >= 11 is 0. The molecule has 6 nitrogen and oxygen atoms in total. The number of carboxylic acid groups (broad SMARTS) is 1. The van der Waals surface area contributed by atoms with Gasteiger partial charge in [-0.2, -0.15) is 0 Å². The maximum Gasteiger partial charge on any atom is 0.317 e. The minimum atomic E-state index is -1.55. The van der Waals surface area contributed by atoms with Crippen molar-refractivity contribution in [1.82, 2.24) is 0 Å². The summed E-state index contributed by atoms with van der Waals surface area (Å²) in [6, 6.07) is 0. The van der Waals surface area contributed by atoms with Crippen molar-refractivity contribution in [2.75, 3.05) is 19.8 Å². The van der Waals surface area contributed by atoms with Gasteiger partial charge in [0.05, 0.1) is 25.8 Å².